The number of benzene rings is 1. The minimum Gasteiger partial charge on any atom is -0.376 e. The molecule has 114 valence electrons. The summed E-state index contributed by atoms with van der Waals surface area (Å²) >= 11 is 0. The molecule has 0 aliphatic rings. The third-order valence-electron chi connectivity index (χ3n) is 2.61. The lowest BCUT2D eigenvalue weighted by Gasteiger charge is -2.10. The smallest absolute Gasteiger partial charge is 0.376 e. The maximum absolute atomic E-state index is 12.2. The Morgan fingerprint density at radius 3 is 2.19 bits per heavy atom. The summed E-state index contributed by atoms with van der Waals surface area (Å²) < 4.78 is 63.8. The molecule has 0 atom stereocenters. The molecule has 0 fully saturated rings. The van der Waals surface area contributed by atoms with E-state index in [0.29, 0.717) is 17.0 Å². The van der Waals surface area contributed by atoms with Gasteiger partial charge in [0, 0.05) is 12.6 Å². The van der Waals surface area contributed by atoms with Crippen LogP contribution in [0.25, 0.3) is 11.3 Å². The Kier molecular flexibility index (Phi) is 3.66. The second kappa shape index (κ2) is 5.02. The van der Waals surface area contributed by atoms with Crippen LogP contribution in [0.3, 0.4) is 0 Å². The molecule has 0 saturated heterocycles. The highest BCUT2D eigenvalue weighted by Crippen LogP contribution is 2.28. The minimum absolute atomic E-state index is 0.427. The number of alkyl halides is 3. The summed E-state index contributed by atoms with van der Waals surface area (Å²) in [5, 5.41) is 7.64. The van der Waals surface area contributed by atoms with Gasteiger partial charge in [-0.05, 0) is 31.2 Å². The van der Waals surface area contributed by atoms with Gasteiger partial charge < -0.3 is 4.18 Å². The maximum Gasteiger partial charge on any atom is 0.534 e. The molecule has 0 aliphatic carbocycles. The van der Waals surface area contributed by atoms with Gasteiger partial charge in [0.25, 0.3) is 0 Å². The number of halogens is 3. The SMILES string of the molecule is Cc1nnn(C)c1-c1ccc(OS(=O)(=O)C(F)(F)F)cc1. The van der Waals surface area contributed by atoms with Crippen molar-refractivity contribution < 1.29 is 25.8 Å². The first-order valence-electron chi connectivity index (χ1n) is 5.59. The fourth-order valence-corrected chi connectivity index (χ4v) is 2.16. The minimum atomic E-state index is -5.66. The van der Waals surface area contributed by atoms with E-state index in [1.807, 2.05) is 0 Å². The molecule has 0 radical (unpaired) electrons. The van der Waals surface area contributed by atoms with Gasteiger partial charge in [0.2, 0.25) is 0 Å². The van der Waals surface area contributed by atoms with Crippen molar-refractivity contribution in [1.82, 2.24) is 15.0 Å². The number of nitrogens with zero attached hydrogens (tertiary/aromatic N) is 3. The highest BCUT2D eigenvalue weighted by atomic mass is 32.2. The third-order valence-corrected chi connectivity index (χ3v) is 3.59. The topological polar surface area (TPSA) is 74.1 Å². The van der Waals surface area contributed by atoms with Gasteiger partial charge in [0.05, 0.1) is 11.4 Å². The van der Waals surface area contributed by atoms with Crippen LogP contribution in [-0.4, -0.2) is 28.9 Å². The predicted molar refractivity (Wildman–Crippen MR) is 66.8 cm³/mol. The summed E-state index contributed by atoms with van der Waals surface area (Å²) in [5.74, 6) is -0.427. The van der Waals surface area contributed by atoms with Crippen LogP contribution >= 0.6 is 0 Å². The Balaban J connectivity index is 2.29. The summed E-state index contributed by atoms with van der Waals surface area (Å²) in [6, 6.07) is 5.11. The third kappa shape index (κ3) is 2.99. The zero-order chi connectivity index (χ0) is 15.8. The lowest BCUT2D eigenvalue weighted by Crippen LogP contribution is -2.28. The van der Waals surface area contributed by atoms with E-state index in [-0.39, 0.29) is 0 Å². The molecular weight excluding hydrogens is 311 g/mol. The molecular formula is C11H10F3N3O3S. The van der Waals surface area contributed by atoms with E-state index < -0.39 is 21.4 Å². The van der Waals surface area contributed by atoms with Gasteiger partial charge in [-0.3, -0.25) is 0 Å². The van der Waals surface area contributed by atoms with Crippen molar-refractivity contribution >= 4 is 10.1 Å². The number of aryl methyl sites for hydroxylation is 2. The first kappa shape index (κ1) is 15.3. The van der Waals surface area contributed by atoms with E-state index in [0.717, 1.165) is 12.1 Å². The molecule has 10 heteroatoms. The van der Waals surface area contributed by atoms with E-state index in [4.69, 9.17) is 0 Å². The van der Waals surface area contributed by atoms with Crippen molar-refractivity contribution in [2.24, 2.45) is 7.05 Å². The van der Waals surface area contributed by atoms with Crippen molar-refractivity contribution in [3.63, 3.8) is 0 Å². The van der Waals surface area contributed by atoms with Crippen molar-refractivity contribution in [2.45, 2.75) is 12.4 Å². The number of rotatable bonds is 3. The van der Waals surface area contributed by atoms with E-state index in [2.05, 4.69) is 14.5 Å². The van der Waals surface area contributed by atoms with Gasteiger partial charge in [-0.15, -0.1) is 5.10 Å². The first-order valence-corrected chi connectivity index (χ1v) is 7.00. The van der Waals surface area contributed by atoms with Crippen LogP contribution < -0.4 is 4.18 Å². The first-order chi connectivity index (χ1) is 9.62. The maximum atomic E-state index is 12.2. The predicted octanol–water partition coefficient (Wildman–Crippen LogP) is 2.02. The van der Waals surface area contributed by atoms with Gasteiger partial charge in [-0.1, -0.05) is 5.21 Å². The molecule has 21 heavy (non-hydrogen) atoms. The molecule has 0 spiro atoms. The van der Waals surface area contributed by atoms with Crippen LogP contribution in [-0.2, 0) is 17.2 Å². The number of aromatic nitrogens is 3. The fourth-order valence-electron chi connectivity index (χ4n) is 1.70. The average Bonchev–Trinajstić information content (AvgIpc) is 2.69. The van der Waals surface area contributed by atoms with Gasteiger partial charge in [0.15, 0.2) is 0 Å². The van der Waals surface area contributed by atoms with Crippen LogP contribution in [0.5, 0.6) is 5.75 Å². The van der Waals surface area contributed by atoms with Crippen LogP contribution in [0.2, 0.25) is 0 Å². The van der Waals surface area contributed by atoms with E-state index >= 15 is 0 Å². The highest BCUT2D eigenvalue weighted by Gasteiger charge is 2.48. The van der Waals surface area contributed by atoms with Crippen LogP contribution in [0.1, 0.15) is 5.69 Å². The number of hydrogen-bond donors (Lipinski definition) is 0. The number of hydrogen-bond acceptors (Lipinski definition) is 5. The molecule has 0 amide bonds. The monoisotopic (exact) mass is 321 g/mol. The fraction of sp³-hybridized carbons (Fsp3) is 0.273. The molecule has 1 aromatic carbocycles. The molecule has 1 aromatic heterocycles. The molecule has 2 aromatic rings. The van der Waals surface area contributed by atoms with Crippen molar-refractivity contribution in [1.29, 1.82) is 0 Å². The molecule has 6 nitrogen and oxygen atoms in total. The van der Waals surface area contributed by atoms with Gasteiger partial charge in [0.1, 0.15) is 5.75 Å². The van der Waals surface area contributed by atoms with Crippen LogP contribution in [0.4, 0.5) is 13.2 Å². The second-order valence-corrected chi connectivity index (χ2v) is 5.69. The summed E-state index contributed by atoms with van der Waals surface area (Å²) in [5.41, 5.74) is -3.54. The van der Waals surface area contributed by atoms with Gasteiger partial charge in [-0.25, -0.2) is 4.68 Å². The van der Waals surface area contributed by atoms with Crippen molar-refractivity contribution in [3.05, 3.63) is 30.0 Å². The largest absolute Gasteiger partial charge is 0.534 e. The Bertz CT molecular complexity index is 732. The molecule has 0 aliphatic heterocycles. The molecule has 1 heterocycles. The molecule has 0 unspecified atom stereocenters. The van der Waals surface area contributed by atoms with E-state index in [9.17, 15) is 21.6 Å². The quantitative estimate of drug-likeness (QED) is 0.639. The van der Waals surface area contributed by atoms with Gasteiger partial charge in [-0.2, -0.15) is 21.6 Å². The highest BCUT2D eigenvalue weighted by molar-refractivity contribution is 7.87. The normalized spacial score (nSPS) is 12.4. The Labute approximate surface area is 118 Å². The standard InChI is InChI=1S/C11H10F3N3O3S/c1-7-10(17(2)16-15-7)8-3-5-9(6-4-8)20-21(18,19)11(12,13)14/h3-6H,1-2H3. The second-order valence-electron chi connectivity index (χ2n) is 4.15. The molecule has 2 rings (SSSR count). The van der Waals surface area contributed by atoms with E-state index in [1.54, 1.807) is 14.0 Å². The van der Waals surface area contributed by atoms with Crippen molar-refractivity contribution in [2.75, 3.05) is 0 Å². The van der Waals surface area contributed by atoms with Crippen LogP contribution in [0, 0.1) is 6.92 Å². The summed E-state index contributed by atoms with van der Waals surface area (Å²) in [6.07, 6.45) is 0. The Morgan fingerprint density at radius 1 is 1.19 bits per heavy atom. The van der Waals surface area contributed by atoms with Crippen molar-refractivity contribution in [3.8, 4) is 17.0 Å². The summed E-state index contributed by atoms with van der Waals surface area (Å²) in [6.45, 7) is 1.72. The summed E-state index contributed by atoms with van der Waals surface area (Å²) in [7, 11) is -4.00. The zero-order valence-corrected chi connectivity index (χ0v) is 11.7. The van der Waals surface area contributed by atoms with E-state index in [1.165, 1.54) is 16.8 Å². The van der Waals surface area contributed by atoms with Crippen LogP contribution in [0.15, 0.2) is 24.3 Å². The Morgan fingerprint density at radius 2 is 1.76 bits per heavy atom. The Hall–Kier alpha value is -2.10. The molecule has 0 saturated carbocycles. The average molecular weight is 321 g/mol. The van der Waals surface area contributed by atoms with Gasteiger partial charge >= 0.3 is 15.6 Å². The lowest BCUT2D eigenvalue weighted by atomic mass is 10.1. The molecule has 0 bridgehead atoms. The summed E-state index contributed by atoms with van der Waals surface area (Å²) in [4.78, 5) is 0. The lowest BCUT2D eigenvalue weighted by molar-refractivity contribution is -0.0500. The zero-order valence-electron chi connectivity index (χ0n) is 10.9. The molecule has 0 N–H and O–H groups in total.